The summed E-state index contributed by atoms with van der Waals surface area (Å²) in [5.74, 6) is 1.70. The molecule has 0 atom stereocenters. The van der Waals surface area contributed by atoms with E-state index in [9.17, 15) is 0 Å². The number of aliphatic imine (C=N–C) groups is 3. The van der Waals surface area contributed by atoms with Crippen LogP contribution in [0.4, 0.5) is 11.6 Å². The van der Waals surface area contributed by atoms with Crippen molar-refractivity contribution in [1.29, 1.82) is 0 Å². The zero-order valence-electron chi connectivity index (χ0n) is 32.5. The normalized spacial score (nSPS) is 16.2. The van der Waals surface area contributed by atoms with Crippen molar-refractivity contribution in [2.45, 2.75) is 0 Å². The number of hydrogen-bond acceptors (Lipinski definition) is 8. The van der Waals surface area contributed by atoms with Crippen molar-refractivity contribution in [2.75, 3.05) is 5.48 Å². The van der Waals surface area contributed by atoms with Crippen molar-refractivity contribution in [3.8, 4) is 0 Å². The Balaban J connectivity index is 1.25. The number of nitrogens with one attached hydrogen (secondary N) is 1. The average molecular weight is 1050 g/mol. The minimum atomic E-state index is -3.90. The lowest BCUT2D eigenvalue weighted by molar-refractivity contribution is 0.402. The molecule has 0 amide bonds. The van der Waals surface area contributed by atoms with Gasteiger partial charge >= 0.3 is 14.6 Å². The molecule has 1 N–H and O–H groups in total. The van der Waals surface area contributed by atoms with Crippen molar-refractivity contribution >= 4 is 182 Å². The Bertz CT molecular complexity index is 3770. The zero-order valence-corrected chi connectivity index (χ0v) is 40.6. The van der Waals surface area contributed by atoms with Gasteiger partial charge in [-0.05, 0) is 72.8 Å². The maximum absolute atomic E-state index is 15.5. The first kappa shape index (κ1) is 42.0. The molecule has 12 rings (SSSR count). The highest BCUT2D eigenvalue weighted by Gasteiger charge is 2.41. The molecule has 10 nitrogen and oxygen atoms in total. The molecule has 8 aromatic rings. The molecule has 4 aliphatic heterocycles. The maximum atomic E-state index is 15.5. The number of hydrogen-bond donors (Lipinski definition) is 1. The van der Waals surface area contributed by atoms with Gasteiger partial charge in [-0.2, -0.15) is 0 Å². The molecule has 0 saturated heterocycles. The van der Waals surface area contributed by atoms with E-state index in [0.717, 1.165) is 0 Å². The lowest BCUT2D eigenvalue weighted by atomic mass is 10.1. The first-order valence-electron chi connectivity index (χ1n) is 19.5. The van der Waals surface area contributed by atoms with Crippen LogP contribution in [0.1, 0.15) is 22.3 Å². The highest BCUT2D eigenvalue weighted by molar-refractivity contribution is 7.74. The smallest absolute Gasteiger partial charge is 0.380 e. The molecule has 0 radical (unpaired) electrons. The van der Waals surface area contributed by atoms with Crippen molar-refractivity contribution in [1.82, 2.24) is 7.10 Å². The van der Waals surface area contributed by atoms with Crippen molar-refractivity contribution < 1.29 is 9.19 Å². The van der Waals surface area contributed by atoms with Crippen LogP contribution in [0.5, 0.6) is 0 Å². The standard InChI is InChI=1S/C45H20Cl8N8O2P.Al/c1-20-23-12-31(46)32(47)13-24(23)39(54-20)55-40-25-14-33(48)34(49)15-26(25)41(56-40)57-42-27-16-35(50)36(51)17-28(27)43(58-42)59-44-29-18-37(52)38(53)19-30(29)45(60-44)61-63-64(62,21-8-4-2-5-9-21)22-10-6-3-7-11-22;/h1-19,61H;/q-2;+2. The van der Waals surface area contributed by atoms with Crippen LogP contribution in [0.25, 0.3) is 27.2 Å². The largest absolute Gasteiger partial charge is 0.625 e. The molecule has 0 aliphatic carbocycles. The van der Waals surface area contributed by atoms with E-state index in [4.69, 9.17) is 122 Å². The summed E-state index contributed by atoms with van der Waals surface area (Å²) in [6.45, 7) is 0. The van der Waals surface area contributed by atoms with Gasteiger partial charge in [0.2, 0.25) is 0 Å². The van der Waals surface area contributed by atoms with E-state index in [1.165, 1.54) is 0 Å². The van der Waals surface area contributed by atoms with E-state index >= 15 is 4.57 Å². The molecule has 20 heteroatoms. The Morgan fingerprint density at radius 3 is 1.45 bits per heavy atom. The van der Waals surface area contributed by atoms with E-state index in [1.807, 2.05) is 19.2 Å². The Morgan fingerprint density at radius 1 is 0.477 bits per heavy atom. The quantitative estimate of drug-likeness (QED) is 0.105. The van der Waals surface area contributed by atoms with Gasteiger partial charge in [-0.25, -0.2) is 35.1 Å². The summed E-state index contributed by atoms with van der Waals surface area (Å²) in [4.78, 5) is 28.2. The predicted octanol–water partition coefficient (Wildman–Crippen LogP) is 12.4. The topological polar surface area (TPSA) is 110 Å². The molecule has 2 aromatic heterocycles. The van der Waals surface area contributed by atoms with E-state index < -0.39 is 22.0 Å². The fourth-order valence-electron chi connectivity index (χ4n) is 8.54. The number of halogens is 8. The average Bonchev–Trinajstić information content (AvgIpc) is 3.97. The van der Waals surface area contributed by atoms with Gasteiger partial charge in [0.05, 0.1) is 45.9 Å². The lowest BCUT2D eigenvalue weighted by Crippen LogP contribution is -2.46. The fourth-order valence-corrected chi connectivity index (χ4v) is 14.6. The lowest BCUT2D eigenvalue weighted by Gasteiger charge is -2.23. The number of nitrogens with zero attached hydrogens (tertiary/aromatic N) is 7. The van der Waals surface area contributed by atoms with Crippen LogP contribution < -0.4 is 27.1 Å². The van der Waals surface area contributed by atoms with E-state index in [1.54, 1.807) is 97.1 Å². The first-order chi connectivity index (χ1) is 31.4. The van der Waals surface area contributed by atoms with Crippen molar-refractivity contribution in [3.63, 3.8) is 0 Å². The Labute approximate surface area is 412 Å². The molecule has 0 saturated carbocycles. The summed E-state index contributed by atoms with van der Waals surface area (Å²) in [7, 11) is -3.90. The predicted molar refractivity (Wildman–Crippen MR) is 267 cm³/mol. The maximum Gasteiger partial charge on any atom is 0.625 e. The van der Waals surface area contributed by atoms with Crippen LogP contribution in [0.15, 0.2) is 139 Å². The summed E-state index contributed by atoms with van der Waals surface area (Å²) in [5.41, 5.74) is 7.20. The van der Waals surface area contributed by atoms with Gasteiger partial charge in [-0.1, -0.05) is 134 Å². The molecule has 6 heterocycles. The molecule has 0 fully saturated rings. The van der Waals surface area contributed by atoms with Crippen LogP contribution >= 0.6 is 100 Å². The van der Waals surface area contributed by atoms with Gasteiger partial charge in [0.15, 0.2) is 17.5 Å². The summed E-state index contributed by atoms with van der Waals surface area (Å²) in [5, 5.41) is 5.56. The number of rotatable bonds is 5. The summed E-state index contributed by atoms with van der Waals surface area (Å²) in [6, 6.07) is 31.9. The summed E-state index contributed by atoms with van der Waals surface area (Å²) < 4.78 is 26.2. The van der Waals surface area contributed by atoms with Crippen LogP contribution in [0.3, 0.4) is 0 Å². The minimum Gasteiger partial charge on any atom is -0.380 e. The third-order valence-corrected chi connectivity index (χ3v) is 19.4. The van der Waals surface area contributed by atoms with Crippen molar-refractivity contribution in [2.24, 2.45) is 25.0 Å². The zero-order chi connectivity index (χ0) is 44.6. The SMILES string of the molecule is O=P(ONc1c2cc(Cl)c(Cl)cc2c2[n]1[Al]1/[CH]=C3\N=C(N=c4c5cc(Cl)c(Cl)cc5c([n]41)=NC1=N/C(=N\2)c2cc(Cl)c(Cl)cc21)c1cc(Cl)c(Cl)cc13)(c1ccccc1)c1ccccc1. The van der Waals surface area contributed by atoms with E-state index in [2.05, 4.69) is 10.4 Å². The number of anilines is 1. The second-order valence-electron chi connectivity index (χ2n) is 15.2. The second-order valence-corrected chi connectivity index (χ2v) is 23.0. The van der Waals surface area contributed by atoms with Crippen LogP contribution in [0.2, 0.25) is 40.2 Å². The van der Waals surface area contributed by atoms with Gasteiger partial charge < -0.3 is 7.10 Å². The summed E-state index contributed by atoms with van der Waals surface area (Å²) in [6.07, 6.45) is 0. The minimum absolute atomic E-state index is 0.246. The molecular weight excluding hydrogens is 1030 g/mol. The van der Waals surface area contributed by atoms with Gasteiger partial charge in [0.1, 0.15) is 22.6 Å². The van der Waals surface area contributed by atoms with Gasteiger partial charge in [0.25, 0.3) is 7.37 Å². The molecule has 316 valence electrons. The third kappa shape index (κ3) is 6.56. The van der Waals surface area contributed by atoms with E-state index in [0.29, 0.717) is 125 Å². The Kier molecular flexibility index (Phi) is 10.1. The Hall–Kier alpha value is -4.41. The van der Waals surface area contributed by atoms with Gasteiger partial charge in [-0.15, -0.1) is 0 Å². The Morgan fingerprint density at radius 2 is 0.908 bits per heavy atom. The molecule has 0 spiro atoms. The highest BCUT2D eigenvalue weighted by Crippen LogP contribution is 2.48. The molecule has 65 heavy (non-hydrogen) atoms. The molecule has 6 aromatic carbocycles. The molecular formula is C45H20AlCl8N8O2P. The van der Waals surface area contributed by atoms with Crippen LogP contribution in [0, 0.1) is 0 Å². The molecule has 4 aliphatic rings. The summed E-state index contributed by atoms with van der Waals surface area (Å²) >= 11 is 51.0. The monoisotopic (exact) mass is 1040 g/mol. The van der Waals surface area contributed by atoms with Crippen molar-refractivity contribution in [3.05, 3.63) is 188 Å². The highest BCUT2D eigenvalue weighted by atomic mass is 35.5. The van der Waals surface area contributed by atoms with Gasteiger partial charge in [-0.3, -0.25) is 4.57 Å². The number of aromatic nitrogens is 2. The number of benzene rings is 6. The molecule has 0 unspecified atom stereocenters. The van der Waals surface area contributed by atoms with Crippen LogP contribution in [-0.2, 0) is 9.19 Å². The van der Waals surface area contributed by atoms with Crippen LogP contribution in [-0.4, -0.2) is 39.2 Å². The first-order valence-corrected chi connectivity index (χ1v) is 25.8. The fraction of sp³-hybridized carbons (Fsp3) is 0. The van der Waals surface area contributed by atoms with Gasteiger partial charge in [0, 0.05) is 54.4 Å². The number of amidine groups is 3. The van der Waals surface area contributed by atoms with E-state index in [-0.39, 0.29) is 15.9 Å². The second kappa shape index (κ2) is 15.6. The third-order valence-electron chi connectivity index (χ3n) is 11.5. The number of fused-ring (bicyclic) bond motifs is 15. The molecule has 4 bridgehead atoms.